The summed E-state index contributed by atoms with van der Waals surface area (Å²) >= 11 is 0. The Hall–Kier alpha value is -3.66. The van der Waals surface area contributed by atoms with E-state index in [-0.39, 0.29) is 11.7 Å². The summed E-state index contributed by atoms with van der Waals surface area (Å²) in [5.41, 5.74) is 2.84. The van der Waals surface area contributed by atoms with Crippen LogP contribution in [0.25, 0.3) is 17.0 Å². The van der Waals surface area contributed by atoms with Crippen molar-refractivity contribution < 1.29 is 22.7 Å². The number of rotatable bonds is 6. The van der Waals surface area contributed by atoms with E-state index in [4.69, 9.17) is 9.97 Å². The van der Waals surface area contributed by atoms with Crippen molar-refractivity contribution in [2.24, 2.45) is 0 Å². The first kappa shape index (κ1) is 26.0. The number of halogens is 3. The number of carbonyl (C=O) groups excluding carboxylic acids is 1. The van der Waals surface area contributed by atoms with Crippen LogP contribution in [-0.4, -0.2) is 59.4 Å². The Morgan fingerprint density at radius 2 is 1.74 bits per heavy atom. The van der Waals surface area contributed by atoms with Gasteiger partial charge in [-0.1, -0.05) is 12.1 Å². The molecule has 3 heterocycles. The minimum Gasteiger partial charge on any atom is -0.406 e. The number of benzene rings is 2. The number of hydrogen-bond acceptors (Lipinski definition) is 6. The number of likely N-dealkylation sites (tertiary alicyclic amines) is 1. The molecule has 7 nitrogen and oxygen atoms in total. The van der Waals surface area contributed by atoms with Gasteiger partial charge in [0, 0.05) is 36.3 Å². The lowest BCUT2D eigenvalue weighted by atomic mass is 10.0. The van der Waals surface area contributed by atoms with E-state index >= 15 is 0 Å². The monoisotopic (exact) mass is 525 g/mol. The minimum atomic E-state index is -4.74. The lowest BCUT2D eigenvalue weighted by Gasteiger charge is -2.36. The molecule has 1 N–H and O–H groups in total. The zero-order valence-electron chi connectivity index (χ0n) is 21.2. The van der Waals surface area contributed by atoms with Crippen LogP contribution in [-0.2, 0) is 4.79 Å². The molecule has 0 atom stereocenters. The number of piperidine rings is 1. The highest BCUT2D eigenvalue weighted by molar-refractivity contribution is 6.03. The van der Waals surface area contributed by atoms with Crippen LogP contribution in [0.4, 0.5) is 24.8 Å². The molecule has 1 amide bonds. The molecule has 3 aromatic rings. The molecule has 5 rings (SSSR count). The van der Waals surface area contributed by atoms with Gasteiger partial charge in [-0.25, -0.2) is 9.97 Å². The second-order valence-electron chi connectivity index (χ2n) is 9.74. The first-order valence-electron chi connectivity index (χ1n) is 12.9. The van der Waals surface area contributed by atoms with Gasteiger partial charge in [0.25, 0.3) is 0 Å². The highest BCUT2D eigenvalue weighted by atomic mass is 19.4. The Kier molecular flexibility index (Phi) is 7.51. The molecular weight excluding hydrogens is 495 g/mol. The fraction of sp³-hybridized carbons (Fsp3) is 0.393. The van der Waals surface area contributed by atoms with Crippen LogP contribution in [0, 0.1) is 6.92 Å². The van der Waals surface area contributed by atoms with E-state index in [1.54, 1.807) is 6.07 Å². The Bertz CT molecular complexity index is 1310. The molecule has 0 unspecified atom stereocenters. The molecule has 10 heteroatoms. The highest BCUT2D eigenvalue weighted by Gasteiger charge is 2.31. The second-order valence-corrected chi connectivity index (χ2v) is 9.74. The van der Waals surface area contributed by atoms with Crippen molar-refractivity contribution in [3.05, 3.63) is 59.8 Å². The first-order chi connectivity index (χ1) is 18.2. The van der Waals surface area contributed by atoms with Crippen molar-refractivity contribution in [3.8, 4) is 5.75 Å². The molecule has 0 saturated carbocycles. The van der Waals surface area contributed by atoms with Crippen molar-refractivity contribution in [2.75, 3.05) is 36.4 Å². The van der Waals surface area contributed by atoms with Gasteiger partial charge in [-0.15, -0.1) is 13.2 Å². The van der Waals surface area contributed by atoms with Crippen molar-refractivity contribution in [3.63, 3.8) is 0 Å². The Morgan fingerprint density at radius 3 is 2.42 bits per heavy atom. The molecule has 38 heavy (non-hydrogen) atoms. The quantitative estimate of drug-likeness (QED) is 0.426. The van der Waals surface area contributed by atoms with Crippen LogP contribution in [0.3, 0.4) is 0 Å². The van der Waals surface area contributed by atoms with E-state index in [1.807, 2.05) is 19.1 Å². The van der Waals surface area contributed by atoms with Gasteiger partial charge in [0.15, 0.2) is 0 Å². The maximum atomic E-state index is 12.4. The van der Waals surface area contributed by atoms with E-state index in [0.717, 1.165) is 48.5 Å². The Balaban J connectivity index is 1.20. The molecule has 200 valence electrons. The van der Waals surface area contributed by atoms with Gasteiger partial charge in [0.05, 0.1) is 11.2 Å². The number of alkyl halides is 3. The van der Waals surface area contributed by atoms with E-state index in [2.05, 4.69) is 19.9 Å². The predicted molar refractivity (Wildman–Crippen MR) is 141 cm³/mol. The summed E-state index contributed by atoms with van der Waals surface area (Å²) < 4.78 is 40.7. The van der Waals surface area contributed by atoms with E-state index in [9.17, 15) is 18.0 Å². The molecule has 2 aliphatic rings. The van der Waals surface area contributed by atoms with Gasteiger partial charge in [-0.2, -0.15) is 0 Å². The van der Waals surface area contributed by atoms with Gasteiger partial charge < -0.3 is 19.9 Å². The van der Waals surface area contributed by atoms with Crippen LogP contribution < -0.4 is 15.0 Å². The average Bonchev–Trinajstić information content (AvgIpc) is 3.43. The number of carbonyl (C=O) groups is 1. The highest BCUT2D eigenvalue weighted by Crippen LogP contribution is 2.27. The van der Waals surface area contributed by atoms with Crippen molar-refractivity contribution in [1.29, 1.82) is 0 Å². The zero-order valence-corrected chi connectivity index (χ0v) is 21.2. The van der Waals surface area contributed by atoms with Crippen molar-refractivity contribution in [1.82, 2.24) is 14.9 Å². The molecule has 2 saturated heterocycles. The van der Waals surface area contributed by atoms with Crippen LogP contribution in [0.1, 0.15) is 36.9 Å². The molecule has 0 bridgehead atoms. The number of hydrogen-bond donors (Lipinski definition) is 1. The normalized spacial score (nSPS) is 17.4. The lowest BCUT2D eigenvalue weighted by Crippen LogP contribution is -2.44. The molecule has 2 aliphatic heterocycles. The third-order valence-corrected chi connectivity index (χ3v) is 7.09. The number of amides is 1. The van der Waals surface area contributed by atoms with Crippen LogP contribution in [0.15, 0.2) is 48.5 Å². The minimum absolute atomic E-state index is 0.317. The van der Waals surface area contributed by atoms with Crippen LogP contribution >= 0.6 is 0 Å². The molecule has 2 aromatic carbocycles. The molecule has 0 aliphatic carbocycles. The summed E-state index contributed by atoms with van der Waals surface area (Å²) in [6.45, 7) is 6.29. The molecule has 2 fully saturated rings. The Labute approximate surface area is 219 Å². The zero-order chi connectivity index (χ0) is 26.7. The smallest absolute Gasteiger partial charge is 0.406 e. The maximum absolute atomic E-state index is 12.4. The average molecular weight is 526 g/mol. The number of nitrogens with one attached hydrogen (secondary N) is 1. The third kappa shape index (κ3) is 6.42. The number of aromatic nitrogens is 2. The van der Waals surface area contributed by atoms with Gasteiger partial charge in [-0.3, -0.25) is 4.79 Å². The maximum Gasteiger partial charge on any atom is 0.573 e. The summed E-state index contributed by atoms with van der Waals surface area (Å²) in [4.78, 5) is 26.9. The number of anilines is 2. The largest absolute Gasteiger partial charge is 0.573 e. The summed E-state index contributed by atoms with van der Waals surface area (Å²) in [5.74, 6) is 0.0693. The summed E-state index contributed by atoms with van der Waals surface area (Å²) in [7, 11) is 0. The van der Waals surface area contributed by atoms with E-state index in [1.165, 1.54) is 62.3 Å². The van der Waals surface area contributed by atoms with Gasteiger partial charge >= 0.3 is 6.36 Å². The van der Waals surface area contributed by atoms with Gasteiger partial charge in [0.2, 0.25) is 11.9 Å². The topological polar surface area (TPSA) is 70.6 Å². The third-order valence-electron chi connectivity index (χ3n) is 7.09. The van der Waals surface area contributed by atoms with Crippen molar-refractivity contribution >= 4 is 34.5 Å². The molecule has 0 radical (unpaired) electrons. The molecule has 0 spiro atoms. The summed E-state index contributed by atoms with van der Waals surface area (Å²) in [5, 5.41) is 3.68. The summed E-state index contributed by atoms with van der Waals surface area (Å²) in [6, 6.07) is 11.5. The SMILES string of the molecule is Cc1nc(N2CCC(N3CCCC3)CC2)nc2ccc(NC(=O)/C=C/c3ccc(OC(F)(F)F)cc3)cc12. The lowest BCUT2D eigenvalue weighted by molar-refractivity contribution is -0.274. The van der Waals surface area contributed by atoms with Crippen LogP contribution in [0.5, 0.6) is 5.75 Å². The van der Waals surface area contributed by atoms with Gasteiger partial charge in [-0.05, 0) is 87.7 Å². The number of aryl methyl sites for hydroxylation is 1. The standard InChI is InChI=1S/C28H30F3N5O2/c1-19-24-18-21(33-26(37)11-6-20-4-8-23(9-5-20)38-28(29,30)31)7-10-25(24)34-27(32-19)36-16-12-22(13-17-36)35-14-2-3-15-35/h4-11,18,22H,2-3,12-17H2,1H3,(H,33,37)/b11-6+. The first-order valence-corrected chi connectivity index (χ1v) is 12.9. The van der Waals surface area contributed by atoms with E-state index < -0.39 is 6.36 Å². The van der Waals surface area contributed by atoms with Crippen molar-refractivity contribution in [2.45, 2.75) is 45.0 Å². The molecular formula is C28H30F3N5O2. The fourth-order valence-corrected chi connectivity index (χ4v) is 5.16. The number of ether oxygens (including phenoxy) is 1. The Morgan fingerprint density at radius 1 is 1.03 bits per heavy atom. The fourth-order valence-electron chi connectivity index (χ4n) is 5.16. The summed E-state index contributed by atoms with van der Waals surface area (Å²) in [6.07, 6.45) is 2.97. The number of nitrogens with zero attached hydrogens (tertiary/aromatic N) is 4. The number of fused-ring (bicyclic) bond motifs is 1. The second kappa shape index (κ2) is 11.0. The van der Waals surface area contributed by atoms with Gasteiger partial charge in [0.1, 0.15) is 5.75 Å². The predicted octanol–water partition coefficient (Wildman–Crippen LogP) is 5.55. The van der Waals surface area contributed by atoms with E-state index in [0.29, 0.717) is 17.3 Å². The van der Waals surface area contributed by atoms with Crippen LogP contribution in [0.2, 0.25) is 0 Å². The molecule has 1 aromatic heterocycles.